The lowest BCUT2D eigenvalue weighted by Crippen LogP contribution is -2.30. The van der Waals surface area contributed by atoms with Gasteiger partial charge in [0.2, 0.25) is 0 Å². The van der Waals surface area contributed by atoms with E-state index in [4.69, 9.17) is 11.6 Å². The first-order valence-corrected chi connectivity index (χ1v) is 6.37. The van der Waals surface area contributed by atoms with Crippen LogP contribution in [0.5, 0.6) is 0 Å². The summed E-state index contributed by atoms with van der Waals surface area (Å²) < 4.78 is 3.06. The molecular weight excluding hydrogens is 327 g/mol. The number of imidazole rings is 1. The fourth-order valence-electron chi connectivity index (χ4n) is 1.63. The second-order valence-electron chi connectivity index (χ2n) is 3.79. The Morgan fingerprint density at radius 2 is 2.22 bits per heavy atom. The molecule has 1 atom stereocenters. The third kappa shape index (κ3) is 2.11. The molecule has 0 aromatic carbocycles. The number of nitrogens with one attached hydrogen (secondary N) is 1. The quantitative estimate of drug-likeness (QED) is 0.598. The van der Waals surface area contributed by atoms with Crippen molar-refractivity contribution >= 4 is 38.7 Å². The Kier molecular flexibility index (Phi) is 3.60. The van der Waals surface area contributed by atoms with Crippen LogP contribution in [0.25, 0.3) is 11.2 Å². The number of alkyl halides is 1. The predicted molar refractivity (Wildman–Crippen MR) is 70.0 cm³/mol. The molecule has 0 aliphatic carbocycles. The van der Waals surface area contributed by atoms with E-state index in [0.717, 1.165) is 0 Å². The lowest BCUT2D eigenvalue weighted by atomic mass is 10.4. The molecule has 0 radical (unpaired) electrons. The number of halogens is 2. The largest absolute Gasteiger partial charge is 0.390 e. The van der Waals surface area contributed by atoms with Gasteiger partial charge >= 0.3 is 5.69 Å². The smallest absolute Gasteiger partial charge is 0.329 e. The van der Waals surface area contributed by atoms with E-state index < -0.39 is 17.4 Å². The number of hydrogen-bond acceptors (Lipinski definition) is 4. The molecule has 2 aromatic rings. The summed E-state index contributed by atoms with van der Waals surface area (Å²) in [6.07, 6.45) is -0.808. The highest BCUT2D eigenvalue weighted by Gasteiger charge is 2.17. The predicted octanol–water partition coefficient (Wildman–Crippen LogP) is -0.215. The summed E-state index contributed by atoms with van der Waals surface area (Å²) in [4.78, 5) is 29.5. The highest BCUT2D eigenvalue weighted by Crippen LogP contribution is 2.16. The molecule has 2 aromatic heterocycles. The topological polar surface area (TPSA) is 92.9 Å². The summed E-state index contributed by atoms with van der Waals surface area (Å²) in [5.74, 6) is 0.0375. The van der Waals surface area contributed by atoms with E-state index in [1.807, 2.05) is 0 Å². The van der Waals surface area contributed by atoms with Crippen LogP contribution < -0.4 is 11.2 Å². The average Bonchev–Trinajstić information content (AvgIpc) is 2.64. The first-order valence-electron chi connectivity index (χ1n) is 5.04. The zero-order valence-corrected chi connectivity index (χ0v) is 11.7. The van der Waals surface area contributed by atoms with Gasteiger partial charge in [-0.1, -0.05) is 0 Å². The fourth-order valence-corrected chi connectivity index (χ4v) is 2.22. The summed E-state index contributed by atoms with van der Waals surface area (Å²) in [6.45, 7) is 0.113. The van der Waals surface area contributed by atoms with E-state index in [1.165, 1.54) is 16.2 Å². The second kappa shape index (κ2) is 4.87. The van der Waals surface area contributed by atoms with Gasteiger partial charge in [0.05, 0.1) is 18.5 Å². The van der Waals surface area contributed by atoms with Gasteiger partial charge in [-0.05, 0) is 15.9 Å². The highest BCUT2D eigenvalue weighted by molar-refractivity contribution is 9.10. The van der Waals surface area contributed by atoms with Gasteiger partial charge in [0.1, 0.15) is 0 Å². The molecule has 2 heterocycles. The summed E-state index contributed by atoms with van der Waals surface area (Å²) in [6, 6.07) is 0. The maximum Gasteiger partial charge on any atom is 0.329 e. The Bertz CT molecular complexity index is 704. The van der Waals surface area contributed by atoms with Crippen LogP contribution in [-0.2, 0) is 13.6 Å². The number of fused-ring (bicyclic) bond motifs is 1. The van der Waals surface area contributed by atoms with E-state index in [1.54, 1.807) is 0 Å². The number of aromatic amines is 1. The number of aromatic nitrogens is 4. The van der Waals surface area contributed by atoms with E-state index in [2.05, 4.69) is 25.9 Å². The van der Waals surface area contributed by atoms with E-state index in [-0.39, 0.29) is 23.6 Å². The van der Waals surface area contributed by atoms with Crippen LogP contribution in [0.3, 0.4) is 0 Å². The van der Waals surface area contributed by atoms with Gasteiger partial charge in [-0.25, -0.2) is 9.78 Å². The average molecular weight is 338 g/mol. The van der Waals surface area contributed by atoms with Crippen LogP contribution in [0.4, 0.5) is 0 Å². The first-order chi connectivity index (χ1) is 8.45. The minimum atomic E-state index is -0.808. The number of H-pyrrole nitrogens is 1. The number of nitrogens with zero attached hydrogens (tertiary/aromatic N) is 3. The third-order valence-corrected chi connectivity index (χ3v) is 3.49. The van der Waals surface area contributed by atoms with Crippen LogP contribution in [-0.4, -0.2) is 36.2 Å². The van der Waals surface area contributed by atoms with E-state index >= 15 is 0 Å². The third-order valence-electron chi connectivity index (χ3n) is 2.53. The molecule has 0 aliphatic rings. The minimum Gasteiger partial charge on any atom is -0.390 e. The molecule has 2 rings (SSSR count). The molecule has 2 N–H and O–H groups in total. The van der Waals surface area contributed by atoms with Gasteiger partial charge in [0.25, 0.3) is 5.56 Å². The monoisotopic (exact) mass is 336 g/mol. The van der Waals surface area contributed by atoms with Gasteiger partial charge < -0.3 is 9.67 Å². The Labute approximate surface area is 114 Å². The Morgan fingerprint density at radius 3 is 2.83 bits per heavy atom. The summed E-state index contributed by atoms with van der Waals surface area (Å²) in [5, 5.41) is 9.55. The molecule has 98 valence electrons. The van der Waals surface area contributed by atoms with E-state index in [9.17, 15) is 14.7 Å². The van der Waals surface area contributed by atoms with Crippen LogP contribution in [0, 0.1) is 0 Å². The van der Waals surface area contributed by atoms with Crippen molar-refractivity contribution < 1.29 is 5.11 Å². The molecule has 9 heteroatoms. The molecule has 18 heavy (non-hydrogen) atoms. The van der Waals surface area contributed by atoms with Crippen LogP contribution >= 0.6 is 27.5 Å². The normalized spacial score (nSPS) is 13.1. The Balaban J connectivity index is 2.75. The number of rotatable bonds is 3. The van der Waals surface area contributed by atoms with Crippen LogP contribution in [0.1, 0.15) is 0 Å². The molecule has 0 saturated carbocycles. The zero-order chi connectivity index (χ0) is 13.4. The molecule has 0 bridgehead atoms. The summed E-state index contributed by atoms with van der Waals surface area (Å²) >= 11 is 8.72. The SMILES string of the molecule is Cn1c(=O)[nH]c(=O)c2c1nc(Br)n2CC(O)CCl. The highest BCUT2D eigenvalue weighted by atomic mass is 79.9. The standard InChI is InChI=1S/C9H10BrClN4O3/c1-14-6-5(7(17)13-9(14)18)15(8(10)12-6)3-4(16)2-11/h4,16H,2-3H2,1H3,(H,13,17,18). The van der Waals surface area contributed by atoms with Crippen molar-refractivity contribution in [3.05, 3.63) is 25.6 Å². The fraction of sp³-hybridized carbons (Fsp3) is 0.444. The Hall–Kier alpha value is -1.12. The first kappa shape index (κ1) is 13.3. The molecule has 7 nitrogen and oxygen atoms in total. The minimum absolute atomic E-state index is 0.0375. The molecule has 0 fully saturated rings. The second-order valence-corrected chi connectivity index (χ2v) is 4.81. The van der Waals surface area contributed by atoms with Gasteiger partial charge in [0.15, 0.2) is 15.9 Å². The van der Waals surface area contributed by atoms with Crippen molar-refractivity contribution in [1.82, 2.24) is 19.1 Å². The lowest BCUT2D eigenvalue weighted by molar-refractivity contribution is 0.177. The number of aliphatic hydroxyl groups is 1. The van der Waals surface area contributed by atoms with E-state index in [0.29, 0.717) is 4.73 Å². The molecule has 0 amide bonds. The molecule has 0 spiro atoms. The zero-order valence-electron chi connectivity index (χ0n) is 9.35. The molecule has 0 saturated heterocycles. The van der Waals surface area contributed by atoms with Crippen molar-refractivity contribution in [2.24, 2.45) is 7.05 Å². The van der Waals surface area contributed by atoms with Crippen LogP contribution in [0.15, 0.2) is 14.3 Å². The number of aryl methyl sites for hydroxylation is 1. The van der Waals surface area contributed by atoms with Gasteiger partial charge in [-0.3, -0.25) is 14.3 Å². The number of aliphatic hydroxyl groups excluding tert-OH is 1. The maximum absolute atomic E-state index is 11.8. The maximum atomic E-state index is 11.8. The summed E-state index contributed by atoms with van der Waals surface area (Å²) in [7, 11) is 1.50. The number of hydrogen-bond donors (Lipinski definition) is 2. The van der Waals surface area contributed by atoms with Crippen molar-refractivity contribution in [2.45, 2.75) is 12.6 Å². The van der Waals surface area contributed by atoms with Gasteiger partial charge in [0, 0.05) is 7.05 Å². The van der Waals surface area contributed by atoms with Crippen LogP contribution in [0.2, 0.25) is 0 Å². The van der Waals surface area contributed by atoms with Crippen molar-refractivity contribution in [3.8, 4) is 0 Å². The van der Waals surface area contributed by atoms with Crippen molar-refractivity contribution in [1.29, 1.82) is 0 Å². The summed E-state index contributed by atoms with van der Waals surface area (Å²) in [5.41, 5.74) is -0.624. The lowest BCUT2D eigenvalue weighted by Gasteiger charge is -2.09. The van der Waals surface area contributed by atoms with Gasteiger partial charge in [-0.2, -0.15) is 0 Å². The van der Waals surface area contributed by atoms with Crippen molar-refractivity contribution in [2.75, 3.05) is 5.88 Å². The van der Waals surface area contributed by atoms with Crippen molar-refractivity contribution in [3.63, 3.8) is 0 Å². The molecule has 1 unspecified atom stereocenters. The Morgan fingerprint density at radius 1 is 1.56 bits per heavy atom. The molecular formula is C9H10BrClN4O3. The van der Waals surface area contributed by atoms with Gasteiger partial charge in [-0.15, -0.1) is 11.6 Å². The molecule has 0 aliphatic heterocycles.